The number of aromatic nitrogens is 1. The monoisotopic (exact) mass is 412 g/mol. The van der Waals surface area contributed by atoms with Crippen molar-refractivity contribution < 1.29 is 13.9 Å². The summed E-state index contributed by atoms with van der Waals surface area (Å²) < 4.78 is 20.7. The summed E-state index contributed by atoms with van der Waals surface area (Å²) in [6.45, 7) is 12.2. The van der Waals surface area contributed by atoms with Gasteiger partial charge in [-0.05, 0) is 59.1 Å². The van der Waals surface area contributed by atoms with Crippen molar-refractivity contribution in [3.05, 3.63) is 28.7 Å². The molecule has 2 aliphatic rings. The fourth-order valence-electron chi connectivity index (χ4n) is 4.88. The molecule has 7 heteroatoms. The second kappa shape index (κ2) is 6.90. The molecule has 3 heterocycles. The Balaban J connectivity index is 1.62. The zero-order valence-corrected chi connectivity index (χ0v) is 18.4. The molecule has 1 spiro atoms. The first kappa shape index (κ1) is 20.5. The number of anilines is 1. The van der Waals surface area contributed by atoms with Crippen LogP contribution in [0.2, 0.25) is 0 Å². The van der Waals surface area contributed by atoms with E-state index in [0.717, 1.165) is 36.0 Å². The summed E-state index contributed by atoms with van der Waals surface area (Å²) in [4.78, 5) is 19.6. The van der Waals surface area contributed by atoms with Crippen LogP contribution in [0.4, 0.5) is 14.9 Å². The molecule has 1 unspecified atom stereocenters. The van der Waals surface area contributed by atoms with Gasteiger partial charge in [0.15, 0.2) is 0 Å². The Bertz CT molecular complexity index is 1060. The number of ether oxygens (including phenoxy) is 1. The van der Waals surface area contributed by atoms with Gasteiger partial charge >= 0.3 is 6.09 Å². The first-order valence-corrected chi connectivity index (χ1v) is 10.5. The molecule has 4 rings (SSSR count). The number of amides is 1. The fraction of sp³-hybridized carbons (Fsp3) is 0.565. The average Bonchev–Trinajstić information content (AvgIpc) is 3.34. The third kappa shape index (κ3) is 3.38. The molecule has 1 atom stereocenters. The smallest absolute Gasteiger partial charge is 0.410 e. The minimum Gasteiger partial charge on any atom is -0.444 e. The van der Waals surface area contributed by atoms with Crippen LogP contribution >= 0.6 is 0 Å². The van der Waals surface area contributed by atoms with Crippen LogP contribution < -0.4 is 4.90 Å². The van der Waals surface area contributed by atoms with Crippen molar-refractivity contribution >= 4 is 22.7 Å². The number of aryl methyl sites for hydroxylation is 2. The Morgan fingerprint density at radius 2 is 1.97 bits per heavy atom. The molecule has 2 aromatic rings. The molecule has 1 aromatic carbocycles. The molecular weight excluding hydrogens is 383 g/mol. The maximum Gasteiger partial charge on any atom is 0.410 e. The van der Waals surface area contributed by atoms with E-state index in [1.807, 2.05) is 34.6 Å². The van der Waals surface area contributed by atoms with Gasteiger partial charge in [-0.1, -0.05) is 0 Å². The van der Waals surface area contributed by atoms with Crippen LogP contribution in [-0.2, 0) is 4.74 Å². The summed E-state index contributed by atoms with van der Waals surface area (Å²) in [7, 11) is 0. The SMILES string of the molecule is Cc1[nH]c2c(C#N)cc(F)c(N3CCC4(CCN(C(=O)OC(C)(C)C)C4)C3)c2c1C. The van der Waals surface area contributed by atoms with E-state index in [0.29, 0.717) is 36.4 Å². The van der Waals surface area contributed by atoms with E-state index in [9.17, 15) is 10.1 Å². The molecule has 0 saturated carbocycles. The van der Waals surface area contributed by atoms with Crippen molar-refractivity contribution in [3.8, 4) is 6.07 Å². The second-order valence-corrected chi connectivity index (χ2v) is 9.81. The molecule has 0 aliphatic carbocycles. The standard InChI is InChI=1S/C23H29FN4O2/c1-14-15(2)26-19-16(11-25)10-17(24)20(18(14)19)27-8-6-23(12-27)7-9-28(13-23)21(29)30-22(3,4)5/h10,26H,6-9,12-13H2,1-5H3. The van der Waals surface area contributed by atoms with Crippen molar-refractivity contribution in [3.63, 3.8) is 0 Å². The third-order valence-corrected chi connectivity index (χ3v) is 6.47. The molecule has 2 saturated heterocycles. The highest BCUT2D eigenvalue weighted by atomic mass is 19.1. The summed E-state index contributed by atoms with van der Waals surface area (Å²) in [5, 5.41) is 10.2. The second-order valence-electron chi connectivity index (χ2n) is 9.81. The largest absolute Gasteiger partial charge is 0.444 e. The van der Waals surface area contributed by atoms with Gasteiger partial charge in [-0.2, -0.15) is 5.26 Å². The van der Waals surface area contributed by atoms with E-state index in [1.54, 1.807) is 4.90 Å². The number of fused-ring (bicyclic) bond motifs is 1. The van der Waals surface area contributed by atoms with Crippen molar-refractivity contribution in [2.24, 2.45) is 5.41 Å². The molecule has 30 heavy (non-hydrogen) atoms. The lowest BCUT2D eigenvalue weighted by atomic mass is 9.86. The number of carbonyl (C=O) groups excluding carboxylic acids is 1. The van der Waals surface area contributed by atoms with E-state index in [4.69, 9.17) is 4.74 Å². The highest BCUT2D eigenvalue weighted by Crippen LogP contribution is 2.45. The summed E-state index contributed by atoms with van der Waals surface area (Å²) in [6.07, 6.45) is 1.51. The number of aromatic amines is 1. The molecule has 0 radical (unpaired) electrons. The molecule has 0 bridgehead atoms. The van der Waals surface area contributed by atoms with Gasteiger partial charge in [0.2, 0.25) is 0 Å². The number of nitriles is 1. The van der Waals surface area contributed by atoms with Crippen LogP contribution in [0, 0.1) is 36.4 Å². The van der Waals surface area contributed by atoms with Gasteiger partial charge < -0.3 is 19.5 Å². The molecule has 6 nitrogen and oxygen atoms in total. The predicted molar refractivity (Wildman–Crippen MR) is 114 cm³/mol. The summed E-state index contributed by atoms with van der Waals surface area (Å²) in [5.41, 5.74) is 2.94. The molecule has 1 amide bonds. The number of hydrogen-bond acceptors (Lipinski definition) is 4. The summed E-state index contributed by atoms with van der Waals surface area (Å²) in [6, 6.07) is 3.44. The molecule has 2 aliphatic heterocycles. The number of halogens is 1. The zero-order valence-electron chi connectivity index (χ0n) is 18.4. The number of H-pyrrole nitrogens is 1. The quantitative estimate of drug-likeness (QED) is 0.741. The highest BCUT2D eigenvalue weighted by molar-refractivity contribution is 5.99. The van der Waals surface area contributed by atoms with Crippen LogP contribution in [0.3, 0.4) is 0 Å². The minimum atomic E-state index is -0.518. The number of hydrogen-bond donors (Lipinski definition) is 1. The van der Waals surface area contributed by atoms with Gasteiger partial charge in [-0.3, -0.25) is 0 Å². The van der Waals surface area contributed by atoms with E-state index in [1.165, 1.54) is 6.07 Å². The van der Waals surface area contributed by atoms with Crippen LogP contribution in [0.15, 0.2) is 6.07 Å². The number of nitrogens with one attached hydrogen (secondary N) is 1. The number of nitrogens with zero attached hydrogens (tertiary/aromatic N) is 3. The van der Waals surface area contributed by atoms with Gasteiger partial charge in [0.05, 0.1) is 16.8 Å². The van der Waals surface area contributed by atoms with E-state index in [2.05, 4.69) is 16.0 Å². The van der Waals surface area contributed by atoms with Crippen molar-refractivity contribution in [1.82, 2.24) is 9.88 Å². The molecular formula is C23H29FN4O2. The average molecular weight is 413 g/mol. The number of likely N-dealkylation sites (tertiary alicyclic amines) is 1. The van der Waals surface area contributed by atoms with Gasteiger partial charge in [-0.25, -0.2) is 9.18 Å². The Morgan fingerprint density at radius 3 is 2.63 bits per heavy atom. The highest BCUT2D eigenvalue weighted by Gasteiger charge is 2.46. The first-order valence-electron chi connectivity index (χ1n) is 10.5. The van der Waals surface area contributed by atoms with E-state index < -0.39 is 5.60 Å². The number of rotatable bonds is 1. The molecule has 2 fully saturated rings. The fourth-order valence-corrected chi connectivity index (χ4v) is 4.88. The summed E-state index contributed by atoms with van der Waals surface area (Å²) >= 11 is 0. The van der Waals surface area contributed by atoms with Gasteiger partial charge in [-0.15, -0.1) is 0 Å². The van der Waals surface area contributed by atoms with E-state index >= 15 is 4.39 Å². The number of benzene rings is 1. The van der Waals surface area contributed by atoms with Crippen LogP contribution in [0.5, 0.6) is 0 Å². The lowest BCUT2D eigenvalue weighted by Crippen LogP contribution is -2.37. The van der Waals surface area contributed by atoms with E-state index in [-0.39, 0.29) is 17.3 Å². The van der Waals surface area contributed by atoms with Crippen LogP contribution in [-0.4, -0.2) is 47.8 Å². The van der Waals surface area contributed by atoms with Gasteiger partial charge in [0.1, 0.15) is 17.5 Å². The van der Waals surface area contributed by atoms with Crippen molar-refractivity contribution in [1.29, 1.82) is 5.26 Å². The van der Waals surface area contributed by atoms with Gasteiger partial charge in [0, 0.05) is 42.7 Å². The minimum absolute atomic E-state index is 0.0528. The third-order valence-electron chi connectivity index (χ3n) is 6.47. The maximum absolute atomic E-state index is 15.2. The Hall–Kier alpha value is -2.75. The lowest BCUT2D eigenvalue weighted by Gasteiger charge is -2.28. The summed E-state index contributed by atoms with van der Waals surface area (Å²) in [5.74, 6) is -0.361. The predicted octanol–water partition coefficient (Wildman–Crippen LogP) is 4.63. The number of carbonyl (C=O) groups is 1. The normalized spacial score (nSPS) is 21.6. The van der Waals surface area contributed by atoms with Crippen LogP contribution in [0.1, 0.15) is 50.4 Å². The molecule has 1 aromatic heterocycles. The Kier molecular flexibility index (Phi) is 4.72. The lowest BCUT2D eigenvalue weighted by molar-refractivity contribution is 0.0276. The first-order chi connectivity index (χ1) is 14.0. The topological polar surface area (TPSA) is 72.4 Å². The molecule has 1 N–H and O–H groups in total. The zero-order chi connectivity index (χ0) is 21.8. The van der Waals surface area contributed by atoms with Crippen LogP contribution in [0.25, 0.3) is 10.9 Å². The van der Waals surface area contributed by atoms with Crippen molar-refractivity contribution in [2.45, 2.75) is 53.1 Å². The maximum atomic E-state index is 15.2. The van der Waals surface area contributed by atoms with Gasteiger partial charge in [0.25, 0.3) is 0 Å². The molecule has 160 valence electrons. The van der Waals surface area contributed by atoms with Crippen molar-refractivity contribution in [2.75, 3.05) is 31.1 Å². The Morgan fingerprint density at radius 1 is 1.27 bits per heavy atom. The Labute approximate surface area is 176 Å².